The highest BCUT2D eigenvalue weighted by atomic mass is 16.3. The van der Waals surface area contributed by atoms with E-state index in [1.165, 1.54) is 37.7 Å². The van der Waals surface area contributed by atoms with Gasteiger partial charge in [0, 0.05) is 11.8 Å². The Bertz CT molecular complexity index is 733. The molecule has 4 aliphatic carbocycles. The Balaban J connectivity index is 1.55. The molecule has 0 aromatic heterocycles. The van der Waals surface area contributed by atoms with Gasteiger partial charge in [0.05, 0.1) is 6.10 Å². The number of allylic oxidation sites excluding steroid dienone is 2. The van der Waals surface area contributed by atoms with Gasteiger partial charge in [-0.1, -0.05) is 46.3 Å². The van der Waals surface area contributed by atoms with Gasteiger partial charge in [0.1, 0.15) is 5.78 Å². The van der Waals surface area contributed by atoms with Crippen molar-refractivity contribution in [2.45, 2.75) is 112 Å². The van der Waals surface area contributed by atoms with Crippen LogP contribution in [0.5, 0.6) is 0 Å². The molecule has 4 rings (SSSR count). The fraction of sp³-hybridized carbons (Fsp3) is 0.897. The van der Waals surface area contributed by atoms with E-state index in [-0.39, 0.29) is 16.9 Å². The Morgan fingerprint density at radius 3 is 2.39 bits per heavy atom. The van der Waals surface area contributed by atoms with E-state index < -0.39 is 0 Å². The average Bonchev–Trinajstić information content (AvgIpc) is 3.02. The Hall–Kier alpha value is -0.630. The molecule has 0 aromatic carbocycles. The molecule has 3 saturated carbocycles. The topological polar surface area (TPSA) is 37.3 Å². The van der Waals surface area contributed by atoms with Crippen molar-refractivity contribution in [1.82, 2.24) is 0 Å². The van der Waals surface area contributed by atoms with Gasteiger partial charge in [-0.25, -0.2) is 0 Å². The lowest BCUT2D eigenvalue weighted by atomic mass is 9.44. The predicted octanol–water partition coefficient (Wildman–Crippen LogP) is 7.20. The molecule has 4 aliphatic rings. The Labute approximate surface area is 191 Å². The van der Waals surface area contributed by atoms with Crippen LogP contribution in [-0.4, -0.2) is 17.0 Å². The molecular formula is C29H48O2. The van der Waals surface area contributed by atoms with Gasteiger partial charge in [-0.05, 0) is 112 Å². The van der Waals surface area contributed by atoms with Gasteiger partial charge in [-0.3, -0.25) is 4.79 Å². The summed E-state index contributed by atoms with van der Waals surface area (Å²) in [5.74, 6) is 4.73. The van der Waals surface area contributed by atoms with Crippen molar-refractivity contribution in [3.63, 3.8) is 0 Å². The lowest BCUT2D eigenvalue weighted by Crippen LogP contribution is -2.53. The van der Waals surface area contributed by atoms with E-state index in [0.717, 1.165) is 49.4 Å². The van der Waals surface area contributed by atoms with Crippen molar-refractivity contribution in [2.75, 3.05) is 0 Å². The fourth-order valence-electron chi connectivity index (χ4n) is 9.43. The molecule has 1 N–H and O–H groups in total. The molecule has 0 bridgehead atoms. The van der Waals surface area contributed by atoms with Crippen molar-refractivity contribution in [3.05, 3.63) is 11.6 Å². The molecule has 2 heteroatoms. The van der Waals surface area contributed by atoms with Gasteiger partial charge in [0.25, 0.3) is 0 Å². The Kier molecular flexibility index (Phi) is 6.07. The molecule has 0 amide bonds. The van der Waals surface area contributed by atoms with E-state index in [0.29, 0.717) is 23.0 Å². The molecule has 0 saturated heterocycles. The van der Waals surface area contributed by atoms with E-state index in [9.17, 15) is 9.90 Å². The maximum Gasteiger partial charge on any atom is 0.142 e. The third-order valence-electron chi connectivity index (χ3n) is 10.9. The second-order valence-electron chi connectivity index (χ2n) is 13.4. The third kappa shape index (κ3) is 3.68. The summed E-state index contributed by atoms with van der Waals surface area (Å²) in [5, 5.41) is 10.6. The van der Waals surface area contributed by atoms with E-state index in [1.54, 1.807) is 0 Å². The Morgan fingerprint density at radius 1 is 1.00 bits per heavy atom. The van der Waals surface area contributed by atoms with Crippen molar-refractivity contribution in [1.29, 1.82) is 0 Å². The predicted molar refractivity (Wildman–Crippen MR) is 129 cm³/mol. The largest absolute Gasteiger partial charge is 0.393 e. The number of fused-ring (bicyclic) bond motifs is 5. The number of carbonyl (C=O) groups is 1. The zero-order chi connectivity index (χ0) is 22.8. The minimum Gasteiger partial charge on any atom is -0.393 e. The molecule has 0 aromatic rings. The van der Waals surface area contributed by atoms with E-state index in [1.807, 2.05) is 0 Å². The van der Waals surface area contributed by atoms with Gasteiger partial charge < -0.3 is 5.11 Å². The van der Waals surface area contributed by atoms with Crippen LogP contribution in [0.15, 0.2) is 11.6 Å². The van der Waals surface area contributed by atoms with Gasteiger partial charge in [0.15, 0.2) is 0 Å². The summed E-state index contributed by atoms with van der Waals surface area (Å²) < 4.78 is 0. The lowest BCUT2D eigenvalue weighted by Gasteiger charge is -2.60. The normalized spacial score (nSPS) is 43.6. The molecular weight excluding hydrogens is 380 g/mol. The summed E-state index contributed by atoms with van der Waals surface area (Å²) >= 11 is 0. The van der Waals surface area contributed by atoms with Gasteiger partial charge in [-0.15, -0.1) is 0 Å². The van der Waals surface area contributed by atoms with E-state index in [4.69, 9.17) is 0 Å². The molecule has 0 radical (unpaired) electrons. The lowest BCUT2D eigenvalue weighted by molar-refractivity contribution is -0.132. The van der Waals surface area contributed by atoms with Crippen LogP contribution in [-0.2, 0) is 4.79 Å². The summed E-state index contributed by atoms with van der Waals surface area (Å²) in [6.07, 6.45) is 12.7. The Morgan fingerprint density at radius 2 is 1.71 bits per heavy atom. The van der Waals surface area contributed by atoms with Crippen molar-refractivity contribution in [2.24, 2.45) is 51.8 Å². The van der Waals surface area contributed by atoms with Crippen LogP contribution in [0.25, 0.3) is 0 Å². The minimum atomic E-state index is -0.266. The number of hydrogen-bond donors (Lipinski definition) is 1. The summed E-state index contributed by atoms with van der Waals surface area (Å²) in [4.78, 5) is 12.7. The third-order valence-corrected chi connectivity index (χ3v) is 10.9. The van der Waals surface area contributed by atoms with Crippen LogP contribution in [0.1, 0.15) is 106 Å². The smallest absolute Gasteiger partial charge is 0.142 e. The molecule has 0 aliphatic heterocycles. The quantitative estimate of drug-likeness (QED) is 0.470. The van der Waals surface area contributed by atoms with Crippen LogP contribution < -0.4 is 0 Å². The van der Waals surface area contributed by atoms with Crippen LogP contribution in [0.4, 0.5) is 0 Å². The monoisotopic (exact) mass is 428 g/mol. The molecule has 0 unspecified atom stereocenters. The summed E-state index contributed by atoms with van der Waals surface area (Å²) in [7, 11) is 0. The minimum absolute atomic E-state index is 0.143. The maximum absolute atomic E-state index is 12.7. The molecule has 0 spiro atoms. The number of hydrogen-bond acceptors (Lipinski definition) is 2. The molecule has 176 valence electrons. The molecule has 2 nitrogen and oxygen atoms in total. The zero-order valence-electron chi connectivity index (χ0n) is 21.3. The van der Waals surface area contributed by atoms with Crippen LogP contribution in [0, 0.1) is 51.8 Å². The van der Waals surface area contributed by atoms with Gasteiger partial charge in [-0.2, -0.15) is 0 Å². The first-order valence-electron chi connectivity index (χ1n) is 13.3. The first-order valence-corrected chi connectivity index (χ1v) is 13.3. The zero-order valence-corrected chi connectivity index (χ0v) is 21.3. The number of aliphatic hydroxyl groups excluding tert-OH is 1. The molecule has 3 fully saturated rings. The van der Waals surface area contributed by atoms with Gasteiger partial charge >= 0.3 is 0 Å². The first-order chi connectivity index (χ1) is 14.4. The molecule has 31 heavy (non-hydrogen) atoms. The fourth-order valence-corrected chi connectivity index (χ4v) is 9.43. The van der Waals surface area contributed by atoms with Crippen LogP contribution in [0.3, 0.4) is 0 Å². The summed E-state index contributed by atoms with van der Waals surface area (Å²) in [6.45, 7) is 16.3. The summed E-state index contributed by atoms with van der Waals surface area (Å²) in [5.41, 5.74) is 1.86. The van der Waals surface area contributed by atoms with Gasteiger partial charge in [0.2, 0.25) is 0 Å². The average molecular weight is 429 g/mol. The number of aliphatic hydroxyl groups is 1. The number of ketones is 1. The van der Waals surface area contributed by atoms with E-state index in [2.05, 4.69) is 54.5 Å². The second kappa shape index (κ2) is 8.00. The standard InChI is InChI=1S/C29H48O2/c1-18(2)16-20(30)17-19(3)22-9-10-23-21-8-11-25-27(4,5)26(31)13-15-29(25,7)24(21)12-14-28(22,23)6/h11,18-24,30H,8-10,12-17H2,1-7H3/t19-,20-,21+,22-,23+,24+,28-,29-/m1/s1. The highest BCUT2D eigenvalue weighted by Gasteiger charge is 2.61. The molecule has 0 heterocycles. The van der Waals surface area contributed by atoms with Crippen LogP contribution >= 0.6 is 0 Å². The highest BCUT2D eigenvalue weighted by molar-refractivity contribution is 5.89. The SMILES string of the molecule is CC(C)C[C@@H](O)C[C@@H](C)[C@H]1CC[C@H]2[C@@H]3CC=C4C(C)(C)C(=O)CC[C@]4(C)[C@H]3CC[C@]12C. The van der Waals surface area contributed by atoms with E-state index >= 15 is 0 Å². The summed E-state index contributed by atoms with van der Waals surface area (Å²) in [6, 6.07) is 0. The number of rotatable bonds is 5. The molecule has 8 atom stereocenters. The number of carbonyl (C=O) groups excluding carboxylic acids is 1. The van der Waals surface area contributed by atoms with Crippen LogP contribution in [0.2, 0.25) is 0 Å². The maximum atomic E-state index is 12.7. The van der Waals surface area contributed by atoms with Crippen molar-refractivity contribution < 1.29 is 9.90 Å². The first kappa shape index (κ1) is 23.5. The second-order valence-corrected chi connectivity index (χ2v) is 13.4. The van der Waals surface area contributed by atoms with Crippen molar-refractivity contribution in [3.8, 4) is 0 Å². The highest BCUT2D eigenvalue weighted by Crippen LogP contribution is 2.68. The number of Topliss-reactive ketones (excluding diaryl/α,β-unsaturated/α-hetero) is 1. The van der Waals surface area contributed by atoms with Crippen molar-refractivity contribution >= 4 is 5.78 Å².